The Balaban J connectivity index is 1.56. The van der Waals surface area contributed by atoms with Crippen molar-refractivity contribution in [2.75, 3.05) is 7.11 Å². The van der Waals surface area contributed by atoms with E-state index < -0.39 is 0 Å². The van der Waals surface area contributed by atoms with E-state index in [2.05, 4.69) is 37.0 Å². The van der Waals surface area contributed by atoms with Gasteiger partial charge < -0.3 is 18.6 Å². The second-order valence-electron chi connectivity index (χ2n) is 9.35. The fourth-order valence-electron chi connectivity index (χ4n) is 4.31. The fourth-order valence-corrected chi connectivity index (χ4v) is 4.31. The Morgan fingerprint density at radius 2 is 1.34 bits per heavy atom. The van der Waals surface area contributed by atoms with Gasteiger partial charge in [0.25, 0.3) is 0 Å². The molecule has 0 aliphatic rings. The number of oxazole rings is 1. The summed E-state index contributed by atoms with van der Waals surface area (Å²) in [5, 5.41) is 0. The van der Waals surface area contributed by atoms with Crippen LogP contribution in [0.3, 0.4) is 0 Å². The predicted octanol–water partition coefficient (Wildman–Crippen LogP) is 8.30. The summed E-state index contributed by atoms with van der Waals surface area (Å²) in [6.07, 6.45) is 1.48. The van der Waals surface area contributed by atoms with Gasteiger partial charge in [-0.1, -0.05) is 74.5 Å². The van der Waals surface area contributed by atoms with Gasteiger partial charge in [-0.05, 0) is 52.9 Å². The lowest BCUT2D eigenvalue weighted by molar-refractivity contribution is 0.288. The molecule has 0 radical (unpaired) electrons. The summed E-state index contributed by atoms with van der Waals surface area (Å²) < 4.78 is 24.0. The van der Waals surface area contributed by atoms with Gasteiger partial charge in [0.1, 0.15) is 36.2 Å². The van der Waals surface area contributed by atoms with E-state index in [1.807, 2.05) is 78.9 Å². The van der Waals surface area contributed by atoms with E-state index in [0.29, 0.717) is 24.7 Å². The summed E-state index contributed by atoms with van der Waals surface area (Å²) in [6.45, 7) is 5.21. The van der Waals surface area contributed by atoms with Crippen molar-refractivity contribution in [3.63, 3.8) is 0 Å². The number of ether oxygens (including phenoxy) is 3. The smallest absolute Gasteiger partial charge is 0.182 e. The first-order chi connectivity index (χ1) is 18.6. The molecule has 192 valence electrons. The standard InChI is InChI=1S/C33H31NO4/c1-23(2)28-18-29(32-33(38-22-34-32)26-14-16-27(35-3)17-15-26)31(37-21-25-12-8-5-9-13-25)19-30(28)36-20-24-10-6-4-7-11-24/h4-19,22-23H,20-21H2,1-3H3. The van der Waals surface area contributed by atoms with Crippen LogP contribution < -0.4 is 14.2 Å². The third-order valence-electron chi connectivity index (χ3n) is 6.38. The molecule has 4 aromatic carbocycles. The highest BCUT2D eigenvalue weighted by Gasteiger charge is 2.22. The molecule has 0 unspecified atom stereocenters. The van der Waals surface area contributed by atoms with Crippen molar-refractivity contribution < 1.29 is 18.6 Å². The zero-order valence-corrected chi connectivity index (χ0v) is 21.9. The number of aromatic nitrogens is 1. The normalized spacial score (nSPS) is 10.9. The summed E-state index contributed by atoms with van der Waals surface area (Å²) in [6, 6.07) is 32.1. The largest absolute Gasteiger partial charge is 0.497 e. The highest BCUT2D eigenvalue weighted by atomic mass is 16.5. The van der Waals surface area contributed by atoms with Gasteiger partial charge in [0.05, 0.1) is 7.11 Å². The zero-order valence-electron chi connectivity index (χ0n) is 21.9. The lowest BCUT2D eigenvalue weighted by Gasteiger charge is -2.19. The number of rotatable bonds is 10. The molecule has 0 aliphatic heterocycles. The molecule has 1 heterocycles. The summed E-state index contributed by atoms with van der Waals surface area (Å²) >= 11 is 0. The summed E-state index contributed by atoms with van der Waals surface area (Å²) in [5.74, 6) is 3.16. The Hall–Kier alpha value is -4.51. The quantitative estimate of drug-likeness (QED) is 0.191. The predicted molar refractivity (Wildman–Crippen MR) is 150 cm³/mol. The molecule has 0 bridgehead atoms. The van der Waals surface area contributed by atoms with Crippen LogP contribution in [0.5, 0.6) is 17.2 Å². The molecule has 1 aromatic heterocycles. The van der Waals surface area contributed by atoms with E-state index in [1.165, 1.54) is 6.39 Å². The van der Waals surface area contributed by atoms with Crippen LogP contribution in [-0.2, 0) is 13.2 Å². The van der Waals surface area contributed by atoms with E-state index in [9.17, 15) is 0 Å². The molecule has 0 N–H and O–H groups in total. The van der Waals surface area contributed by atoms with Gasteiger partial charge >= 0.3 is 0 Å². The van der Waals surface area contributed by atoms with Crippen molar-refractivity contribution in [3.8, 4) is 39.8 Å². The molecule has 0 atom stereocenters. The molecule has 0 aliphatic carbocycles. The molecule has 5 aromatic rings. The Morgan fingerprint density at radius 1 is 0.737 bits per heavy atom. The average Bonchev–Trinajstić information content (AvgIpc) is 3.45. The maximum atomic E-state index is 6.42. The molecule has 38 heavy (non-hydrogen) atoms. The van der Waals surface area contributed by atoms with E-state index in [0.717, 1.165) is 45.0 Å². The van der Waals surface area contributed by atoms with Crippen LogP contribution in [0.4, 0.5) is 0 Å². The average molecular weight is 506 g/mol. The minimum absolute atomic E-state index is 0.221. The molecule has 0 saturated heterocycles. The number of methoxy groups -OCH3 is 1. The van der Waals surface area contributed by atoms with Crippen LogP contribution >= 0.6 is 0 Å². The van der Waals surface area contributed by atoms with Gasteiger partial charge in [-0.15, -0.1) is 0 Å². The summed E-state index contributed by atoms with van der Waals surface area (Å²) in [7, 11) is 1.65. The van der Waals surface area contributed by atoms with Crippen LogP contribution in [-0.4, -0.2) is 12.1 Å². The van der Waals surface area contributed by atoms with Crippen LogP contribution in [0.25, 0.3) is 22.6 Å². The second kappa shape index (κ2) is 11.7. The van der Waals surface area contributed by atoms with Crippen molar-refractivity contribution in [2.24, 2.45) is 0 Å². The van der Waals surface area contributed by atoms with Crippen molar-refractivity contribution >= 4 is 0 Å². The van der Waals surface area contributed by atoms with Gasteiger partial charge in [0.2, 0.25) is 0 Å². The van der Waals surface area contributed by atoms with Crippen molar-refractivity contribution in [1.29, 1.82) is 0 Å². The highest BCUT2D eigenvalue weighted by Crippen LogP contribution is 2.42. The van der Waals surface area contributed by atoms with E-state index in [4.69, 9.17) is 18.6 Å². The lowest BCUT2D eigenvalue weighted by atomic mass is 9.96. The zero-order chi connectivity index (χ0) is 26.3. The minimum Gasteiger partial charge on any atom is -0.497 e. The van der Waals surface area contributed by atoms with Crippen LogP contribution in [0.15, 0.2) is 108 Å². The second-order valence-corrected chi connectivity index (χ2v) is 9.35. The van der Waals surface area contributed by atoms with Gasteiger partial charge in [-0.25, -0.2) is 4.98 Å². The summed E-state index contributed by atoms with van der Waals surface area (Å²) in [4.78, 5) is 4.63. The molecule has 0 spiro atoms. The Kier molecular flexibility index (Phi) is 7.74. The van der Waals surface area contributed by atoms with Crippen molar-refractivity contribution in [1.82, 2.24) is 4.98 Å². The third kappa shape index (κ3) is 5.73. The molecule has 5 nitrogen and oxygen atoms in total. The maximum Gasteiger partial charge on any atom is 0.182 e. The molecule has 0 saturated carbocycles. The van der Waals surface area contributed by atoms with Gasteiger partial charge in [0.15, 0.2) is 12.2 Å². The van der Waals surface area contributed by atoms with Crippen molar-refractivity contribution in [3.05, 3.63) is 120 Å². The number of hydrogen-bond acceptors (Lipinski definition) is 5. The monoisotopic (exact) mass is 505 g/mol. The van der Waals surface area contributed by atoms with Gasteiger partial charge in [-0.2, -0.15) is 0 Å². The van der Waals surface area contributed by atoms with Crippen molar-refractivity contribution in [2.45, 2.75) is 33.0 Å². The fraction of sp³-hybridized carbons (Fsp3) is 0.182. The highest BCUT2D eigenvalue weighted by molar-refractivity contribution is 5.81. The summed E-state index contributed by atoms with van der Waals surface area (Å²) in [5.41, 5.74) is 5.74. The number of benzene rings is 4. The molecular formula is C33H31NO4. The van der Waals surface area contributed by atoms with E-state index in [-0.39, 0.29) is 5.92 Å². The van der Waals surface area contributed by atoms with Gasteiger partial charge in [0, 0.05) is 17.2 Å². The third-order valence-corrected chi connectivity index (χ3v) is 6.38. The first kappa shape index (κ1) is 25.2. The number of hydrogen-bond donors (Lipinski definition) is 0. The topological polar surface area (TPSA) is 53.7 Å². The Morgan fingerprint density at radius 3 is 1.92 bits per heavy atom. The molecule has 5 heteroatoms. The van der Waals surface area contributed by atoms with Crippen LogP contribution in [0.2, 0.25) is 0 Å². The molecular weight excluding hydrogens is 474 g/mol. The molecule has 0 fully saturated rings. The number of nitrogens with zero attached hydrogens (tertiary/aromatic N) is 1. The van der Waals surface area contributed by atoms with Gasteiger partial charge in [-0.3, -0.25) is 0 Å². The first-order valence-corrected chi connectivity index (χ1v) is 12.7. The Labute approximate surface area is 223 Å². The van der Waals surface area contributed by atoms with E-state index in [1.54, 1.807) is 7.11 Å². The van der Waals surface area contributed by atoms with Crippen LogP contribution in [0.1, 0.15) is 36.5 Å². The van der Waals surface area contributed by atoms with Crippen LogP contribution in [0, 0.1) is 0 Å². The lowest BCUT2D eigenvalue weighted by Crippen LogP contribution is -2.04. The minimum atomic E-state index is 0.221. The maximum absolute atomic E-state index is 6.42. The first-order valence-electron chi connectivity index (χ1n) is 12.7. The van der Waals surface area contributed by atoms with E-state index >= 15 is 0 Å². The Bertz CT molecular complexity index is 1460. The molecule has 0 amide bonds. The molecule has 5 rings (SSSR count). The SMILES string of the molecule is COc1ccc(-c2ocnc2-c2cc(C(C)C)c(OCc3ccccc3)cc2OCc2ccccc2)cc1.